The Bertz CT molecular complexity index is 678. The summed E-state index contributed by atoms with van der Waals surface area (Å²) in [6, 6.07) is 4.49. The van der Waals surface area contributed by atoms with E-state index in [-0.39, 0.29) is 25.2 Å². The molecule has 1 aliphatic carbocycles. The predicted octanol–water partition coefficient (Wildman–Crippen LogP) is 4.05. The van der Waals surface area contributed by atoms with Crippen LogP contribution in [0.25, 0.3) is 0 Å². The van der Waals surface area contributed by atoms with Gasteiger partial charge in [-0.1, -0.05) is 26.2 Å². The van der Waals surface area contributed by atoms with Gasteiger partial charge in [-0.2, -0.15) is 0 Å². The van der Waals surface area contributed by atoms with Gasteiger partial charge in [-0.3, -0.25) is 9.80 Å². The van der Waals surface area contributed by atoms with Gasteiger partial charge in [-0.05, 0) is 66.9 Å². The second-order valence-electron chi connectivity index (χ2n) is 8.38. The van der Waals surface area contributed by atoms with E-state index in [9.17, 15) is 9.90 Å². The zero-order valence-corrected chi connectivity index (χ0v) is 20.3. The van der Waals surface area contributed by atoms with E-state index in [2.05, 4.69) is 46.5 Å². The molecule has 0 amide bonds. The highest BCUT2D eigenvalue weighted by molar-refractivity contribution is 9.10. The van der Waals surface area contributed by atoms with Crippen LogP contribution in [0.1, 0.15) is 68.8 Å². The van der Waals surface area contributed by atoms with Crippen molar-refractivity contribution < 1.29 is 14.6 Å². The molecule has 1 aliphatic rings. The van der Waals surface area contributed by atoms with Crippen LogP contribution in [0.4, 0.5) is 5.69 Å². The summed E-state index contributed by atoms with van der Waals surface area (Å²) in [5.41, 5.74) is 8.51. The zero-order chi connectivity index (χ0) is 22.1. The van der Waals surface area contributed by atoms with E-state index >= 15 is 0 Å². The number of esters is 1. The number of carbonyl (C=O) groups excluding carboxylic acids is 1. The number of hydrogen-bond acceptors (Lipinski definition) is 6. The fraction of sp³-hybridized carbons (Fsp3) is 0.696. The Balaban J connectivity index is 2.04. The number of hydrogen-bond donors (Lipinski definition) is 2. The summed E-state index contributed by atoms with van der Waals surface area (Å²) in [6.07, 6.45) is 6.37. The number of carbonyl (C=O) groups is 1. The Labute approximate surface area is 189 Å². The number of aliphatic hydroxyl groups excluding tert-OH is 1. The molecule has 170 valence electrons. The van der Waals surface area contributed by atoms with Gasteiger partial charge >= 0.3 is 5.97 Å². The SMILES string of the molecule is CCN(Cc1cc(C(=O)OCCN(CCO)C(C)C)cc(Br)c1N)C1CCCCC1. The molecule has 0 aromatic heterocycles. The lowest BCUT2D eigenvalue weighted by molar-refractivity contribution is 0.0431. The third kappa shape index (κ3) is 7.22. The first-order valence-corrected chi connectivity index (χ1v) is 12.0. The number of nitrogens with two attached hydrogens (primary N) is 1. The molecular formula is C23H38BrN3O3. The van der Waals surface area contributed by atoms with Gasteiger partial charge < -0.3 is 15.6 Å². The third-order valence-corrected chi connectivity index (χ3v) is 6.71. The van der Waals surface area contributed by atoms with Gasteiger partial charge in [0.1, 0.15) is 6.61 Å². The van der Waals surface area contributed by atoms with E-state index in [0.717, 1.165) is 23.1 Å². The van der Waals surface area contributed by atoms with Gasteiger partial charge in [-0.15, -0.1) is 0 Å². The predicted molar refractivity (Wildman–Crippen MR) is 126 cm³/mol. The van der Waals surface area contributed by atoms with Crippen molar-refractivity contribution in [1.82, 2.24) is 9.80 Å². The number of aliphatic hydroxyl groups is 1. The molecule has 1 aromatic carbocycles. The minimum absolute atomic E-state index is 0.0926. The van der Waals surface area contributed by atoms with Crippen molar-refractivity contribution in [2.75, 3.05) is 38.6 Å². The van der Waals surface area contributed by atoms with Gasteiger partial charge in [0.2, 0.25) is 0 Å². The lowest BCUT2D eigenvalue weighted by Gasteiger charge is -2.34. The van der Waals surface area contributed by atoms with Crippen LogP contribution in [0, 0.1) is 0 Å². The number of benzene rings is 1. The van der Waals surface area contributed by atoms with Crippen LogP contribution < -0.4 is 5.73 Å². The number of nitrogens with zero attached hydrogens (tertiary/aromatic N) is 2. The maximum atomic E-state index is 12.7. The largest absolute Gasteiger partial charge is 0.461 e. The summed E-state index contributed by atoms with van der Waals surface area (Å²) in [7, 11) is 0. The first-order valence-electron chi connectivity index (χ1n) is 11.2. The Morgan fingerprint density at radius 2 is 1.97 bits per heavy atom. The number of anilines is 1. The normalized spacial score (nSPS) is 15.3. The van der Waals surface area contributed by atoms with Crippen molar-refractivity contribution in [3.05, 3.63) is 27.7 Å². The van der Waals surface area contributed by atoms with Crippen LogP contribution in [0.2, 0.25) is 0 Å². The molecule has 0 unspecified atom stereocenters. The van der Waals surface area contributed by atoms with Crippen LogP contribution in [0.3, 0.4) is 0 Å². The lowest BCUT2D eigenvalue weighted by Crippen LogP contribution is -2.36. The van der Waals surface area contributed by atoms with Gasteiger partial charge in [-0.25, -0.2) is 4.79 Å². The van der Waals surface area contributed by atoms with E-state index in [1.807, 2.05) is 6.07 Å². The molecule has 0 spiro atoms. The monoisotopic (exact) mass is 483 g/mol. The average molecular weight is 484 g/mol. The molecule has 0 saturated heterocycles. The highest BCUT2D eigenvalue weighted by atomic mass is 79.9. The molecule has 0 aliphatic heterocycles. The molecule has 3 N–H and O–H groups in total. The molecule has 1 saturated carbocycles. The van der Waals surface area contributed by atoms with Crippen molar-refractivity contribution in [3.63, 3.8) is 0 Å². The summed E-state index contributed by atoms with van der Waals surface area (Å²) in [4.78, 5) is 17.2. The van der Waals surface area contributed by atoms with E-state index in [1.54, 1.807) is 6.07 Å². The zero-order valence-electron chi connectivity index (χ0n) is 18.7. The highest BCUT2D eigenvalue weighted by Gasteiger charge is 2.22. The van der Waals surface area contributed by atoms with Crippen LogP contribution in [-0.2, 0) is 11.3 Å². The smallest absolute Gasteiger partial charge is 0.338 e. The van der Waals surface area contributed by atoms with Crippen molar-refractivity contribution in [2.24, 2.45) is 0 Å². The fourth-order valence-electron chi connectivity index (χ4n) is 4.18. The minimum Gasteiger partial charge on any atom is -0.461 e. The molecule has 0 heterocycles. The summed E-state index contributed by atoms with van der Waals surface area (Å²) >= 11 is 3.52. The van der Waals surface area contributed by atoms with Crippen molar-refractivity contribution in [1.29, 1.82) is 0 Å². The standard InChI is InChI=1S/C23H38BrN3O3/c1-4-26(20-8-6-5-7-9-20)16-19-14-18(15-21(24)22(19)25)23(29)30-13-11-27(10-12-28)17(2)3/h14-15,17,20,28H,4-13,16,25H2,1-3H3. The van der Waals surface area contributed by atoms with E-state index in [4.69, 9.17) is 10.5 Å². The van der Waals surface area contributed by atoms with E-state index < -0.39 is 0 Å². The van der Waals surface area contributed by atoms with Crippen LogP contribution in [0.15, 0.2) is 16.6 Å². The van der Waals surface area contributed by atoms with Gasteiger partial charge in [0.15, 0.2) is 0 Å². The highest BCUT2D eigenvalue weighted by Crippen LogP contribution is 2.30. The Kier molecular flexibility index (Phi) is 10.6. The quantitative estimate of drug-likeness (QED) is 0.365. The second-order valence-corrected chi connectivity index (χ2v) is 9.23. The van der Waals surface area contributed by atoms with Crippen LogP contribution >= 0.6 is 15.9 Å². The molecule has 6 nitrogen and oxygen atoms in total. The summed E-state index contributed by atoms with van der Waals surface area (Å²) < 4.78 is 6.25. The fourth-order valence-corrected chi connectivity index (χ4v) is 4.68. The Morgan fingerprint density at radius 3 is 2.57 bits per heavy atom. The van der Waals surface area contributed by atoms with Gasteiger partial charge in [0.05, 0.1) is 17.9 Å². The molecule has 30 heavy (non-hydrogen) atoms. The molecule has 0 atom stereocenters. The number of ether oxygens (including phenoxy) is 1. The summed E-state index contributed by atoms with van der Waals surface area (Å²) in [5.74, 6) is -0.342. The summed E-state index contributed by atoms with van der Waals surface area (Å²) in [6.45, 7) is 9.56. The lowest BCUT2D eigenvalue weighted by atomic mass is 9.93. The average Bonchev–Trinajstić information content (AvgIpc) is 2.74. The minimum atomic E-state index is -0.342. The molecular weight excluding hydrogens is 446 g/mol. The Hall–Kier alpha value is -1.15. The van der Waals surface area contributed by atoms with Crippen molar-refractivity contribution in [3.8, 4) is 0 Å². The molecule has 1 fully saturated rings. The number of halogens is 1. The topological polar surface area (TPSA) is 79.0 Å². The van der Waals surface area contributed by atoms with Crippen molar-refractivity contribution in [2.45, 2.75) is 71.5 Å². The van der Waals surface area contributed by atoms with E-state index in [1.165, 1.54) is 32.1 Å². The van der Waals surface area contributed by atoms with Crippen molar-refractivity contribution >= 4 is 27.6 Å². The second kappa shape index (κ2) is 12.6. The number of rotatable bonds is 11. The molecule has 0 bridgehead atoms. The molecule has 7 heteroatoms. The van der Waals surface area contributed by atoms with Crippen LogP contribution in [-0.4, -0.2) is 65.8 Å². The maximum Gasteiger partial charge on any atom is 0.338 e. The van der Waals surface area contributed by atoms with Gasteiger partial charge in [0, 0.05) is 36.2 Å². The Morgan fingerprint density at radius 1 is 1.27 bits per heavy atom. The van der Waals surface area contributed by atoms with Gasteiger partial charge in [0.25, 0.3) is 0 Å². The summed E-state index contributed by atoms with van der Waals surface area (Å²) in [5, 5.41) is 9.18. The first kappa shape index (κ1) is 25.1. The maximum absolute atomic E-state index is 12.7. The molecule has 2 rings (SSSR count). The molecule has 1 aromatic rings. The molecule has 0 radical (unpaired) electrons. The number of nitrogen functional groups attached to an aromatic ring is 1. The third-order valence-electron chi connectivity index (χ3n) is 6.05. The van der Waals surface area contributed by atoms with E-state index in [0.29, 0.717) is 30.4 Å². The van der Waals surface area contributed by atoms with Crippen LogP contribution in [0.5, 0.6) is 0 Å². The first-order chi connectivity index (χ1) is 14.4.